The number of ether oxygens (including phenoxy) is 2. The van der Waals surface area contributed by atoms with Crippen molar-refractivity contribution >= 4 is 16.9 Å². The first-order valence-corrected chi connectivity index (χ1v) is 12.2. The second kappa shape index (κ2) is 9.54. The lowest BCUT2D eigenvalue weighted by Gasteiger charge is -2.32. The predicted molar refractivity (Wildman–Crippen MR) is 131 cm³/mol. The molecule has 0 aliphatic carbocycles. The van der Waals surface area contributed by atoms with Crippen molar-refractivity contribution < 1.29 is 14.3 Å². The van der Waals surface area contributed by atoms with Gasteiger partial charge in [0.2, 0.25) is 5.91 Å². The molecule has 0 bridgehead atoms. The van der Waals surface area contributed by atoms with E-state index in [2.05, 4.69) is 22.1 Å². The largest absolute Gasteiger partial charge is 0.494 e. The molecule has 1 amide bonds. The van der Waals surface area contributed by atoms with E-state index in [1.165, 1.54) is 0 Å². The smallest absolute Gasteiger partial charge is 0.326 e. The third-order valence-electron chi connectivity index (χ3n) is 6.77. The molecule has 1 atom stereocenters. The van der Waals surface area contributed by atoms with E-state index >= 15 is 0 Å². The van der Waals surface area contributed by atoms with Crippen LogP contribution in [0.5, 0.6) is 11.5 Å². The first-order chi connectivity index (χ1) is 16.5. The van der Waals surface area contributed by atoms with Gasteiger partial charge in [-0.25, -0.2) is 4.79 Å². The van der Waals surface area contributed by atoms with Crippen LogP contribution in [0.1, 0.15) is 43.9 Å². The van der Waals surface area contributed by atoms with Crippen molar-refractivity contribution in [1.29, 1.82) is 0 Å². The number of aromatic amines is 1. The minimum atomic E-state index is -0.0600. The predicted octanol–water partition coefficient (Wildman–Crippen LogP) is 3.01. The summed E-state index contributed by atoms with van der Waals surface area (Å²) >= 11 is 0. The van der Waals surface area contributed by atoms with Crippen molar-refractivity contribution in [3.8, 4) is 11.5 Å². The van der Waals surface area contributed by atoms with Crippen molar-refractivity contribution in [2.45, 2.75) is 51.8 Å². The molecule has 1 unspecified atom stereocenters. The lowest BCUT2D eigenvalue weighted by atomic mass is 10.0. The molecular formula is C26H32N4O4. The fraction of sp³-hybridized carbons (Fsp3) is 0.462. The van der Waals surface area contributed by atoms with Gasteiger partial charge >= 0.3 is 5.69 Å². The Morgan fingerprint density at radius 3 is 2.82 bits per heavy atom. The molecule has 1 saturated heterocycles. The van der Waals surface area contributed by atoms with E-state index in [-0.39, 0.29) is 23.7 Å². The Labute approximate surface area is 198 Å². The molecule has 2 N–H and O–H groups in total. The zero-order valence-corrected chi connectivity index (χ0v) is 19.8. The number of benzene rings is 2. The number of para-hydroxylation sites is 2. The zero-order chi connectivity index (χ0) is 23.7. The van der Waals surface area contributed by atoms with Crippen LogP contribution in [0.4, 0.5) is 0 Å². The molecule has 34 heavy (non-hydrogen) atoms. The molecule has 2 aliphatic heterocycles. The Kier molecular flexibility index (Phi) is 6.32. The molecule has 3 aromatic rings. The number of H-pyrrole nitrogens is 1. The van der Waals surface area contributed by atoms with Crippen LogP contribution in [0.3, 0.4) is 0 Å². The quantitative estimate of drug-likeness (QED) is 0.561. The number of piperidine rings is 1. The second-order valence-electron chi connectivity index (χ2n) is 9.23. The van der Waals surface area contributed by atoms with Gasteiger partial charge in [-0.3, -0.25) is 14.3 Å². The fourth-order valence-electron chi connectivity index (χ4n) is 5.13. The van der Waals surface area contributed by atoms with Gasteiger partial charge in [0.25, 0.3) is 0 Å². The molecule has 3 heterocycles. The molecule has 1 aromatic heterocycles. The second-order valence-corrected chi connectivity index (χ2v) is 9.23. The van der Waals surface area contributed by atoms with Crippen LogP contribution in [0.2, 0.25) is 0 Å². The van der Waals surface area contributed by atoms with E-state index in [1.807, 2.05) is 47.9 Å². The molecule has 0 radical (unpaired) electrons. The number of imidazole rings is 1. The number of carbonyl (C=O) groups excluding carboxylic acids is 1. The third-order valence-corrected chi connectivity index (χ3v) is 6.77. The third kappa shape index (κ3) is 4.55. The summed E-state index contributed by atoms with van der Waals surface area (Å²) in [5, 5.41) is 3.04. The molecule has 2 aliphatic rings. The highest BCUT2D eigenvalue weighted by atomic mass is 16.5. The van der Waals surface area contributed by atoms with Crippen LogP contribution >= 0.6 is 0 Å². The van der Waals surface area contributed by atoms with E-state index in [4.69, 9.17) is 9.47 Å². The zero-order valence-electron chi connectivity index (χ0n) is 19.8. The number of hydrogen-bond acceptors (Lipinski definition) is 5. The van der Waals surface area contributed by atoms with Crippen molar-refractivity contribution in [3.05, 3.63) is 58.0 Å². The van der Waals surface area contributed by atoms with Gasteiger partial charge in [0.05, 0.1) is 24.2 Å². The van der Waals surface area contributed by atoms with E-state index in [0.717, 1.165) is 66.0 Å². The van der Waals surface area contributed by atoms with E-state index in [9.17, 15) is 9.59 Å². The first kappa shape index (κ1) is 22.5. The van der Waals surface area contributed by atoms with Crippen LogP contribution in [0, 0.1) is 0 Å². The topological polar surface area (TPSA) is 88.6 Å². The Morgan fingerprint density at radius 2 is 2.03 bits per heavy atom. The number of hydrogen-bond donors (Lipinski definition) is 2. The minimum Gasteiger partial charge on any atom is -0.494 e. The highest BCUT2D eigenvalue weighted by Crippen LogP contribution is 2.35. The SMILES string of the molecule is CCOc1cc2c(cc1CNC(=O)CN1CCC(n3c(=O)[nH]c4ccccc43)CC1)OC(C)C2. The van der Waals surface area contributed by atoms with E-state index < -0.39 is 0 Å². The van der Waals surface area contributed by atoms with Gasteiger partial charge in [-0.1, -0.05) is 12.1 Å². The summed E-state index contributed by atoms with van der Waals surface area (Å²) in [6.45, 7) is 6.89. The molecule has 1 fully saturated rings. The summed E-state index contributed by atoms with van der Waals surface area (Å²) in [6, 6.07) is 12.0. The number of fused-ring (bicyclic) bond motifs is 2. The lowest BCUT2D eigenvalue weighted by molar-refractivity contribution is -0.122. The Balaban J connectivity index is 1.16. The fourth-order valence-corrected chi connectivity index (χ4v) is 5.13. The van der Waals surface area contributed by atoms with Crippen molar-refractivity contribution in [2.24, 2.45) is 0 Å². The van der Waals surface area contributed by atoms with E-state index in [1.54, 1.807) is 0 Å². The maximum absolute atomic E-state index is 12.7. The maximum Gasteiger partial charge on any atom is 0.326 e. The normalized spacial score (nSPS) is 18.6. The highest BCUT2D eigenvalue weighted by molar-refractivity contribution is 5.78. The van der Waals surface area contributed by atoms with Gasteiger partial charge in [-0.2, -0.15) is 0 Å². The molecule has 2 aromatic carbocycles. The first-order valence-electron chi connectivity index (χ1n) is 12.2. The average molecular weight is 465 g/mol. The molecule has 8 nitrogen and oxygen atoms in total. The summed E-state index contributed by atoms with van der Waals surface area (Å²) < 4.78 is 13.6. The standard InChI is InChI=1S/C26H32N4O4/c1-3-33-23-13-18-12-17(2)34-24(18)14-19(23)15-27-25(31)16-29-10-8-20(9-11-29)30-22-7-5-4-6-21(22)28-26(30)32/h4-7,13-14,17,20H,3,8-12,15-16H2,1-2H3,(H,27,31)(H,28,32). The summed E-state index contributed by atoms with van der Waals surface area (Å²) in [5.41, 5.74) is 3.84. The van der Waals surface area contributed by atoms with Gasteiger partial charge in [0.15, 0.2) is 0 Å². The van der Waals surface area contributed by atoms with Gasteiger partial charge in [0, 0.05) is 43.2 Å². The Hall–Kier alpha value is -3.26. The number of likely N-dealkylation sites (tertiary alicyclic amines) is 1. The minimum absolute atomic E-state index is 0.0139. The number of nitrogens with zero attached hydrogens (tertiary/aromatic N) is 2. The molecular weight excluding hydrogens is 432 g/mol. The van der Waals surface area contributed by atoms with Crippen LogP contribution < -0.4 is 20.5 Å². The molecule has 0 saturated carbocycles. The molecule has 5 rings (SSSR count). The number of carbonyl (C=O) groups is 1. The molecule has 180 valence electrons. The molecule has 0 spiro atoms. The van der Waals surface area contributed by atoms with Crippen LogP contribution in [-0.2, 0) is 17.8 Å². The van der Waals surface area contributed by atoms with Crippen molar-refractivity contribution in [2.75, 3.05) is 26.2 Å². The summed E-state index contributed by atoms with van der Waals surface area (Å²) in [7, 11) is 0. The van der Waals surface area contributed by atoms with Gasteiger partial charge in [-0.15, -0.1) is 0 Å². The van der Waals surface area contributed by atoms with Gasteiger partial charge in [-0.05, 0) is 51.0 Å². The number of rotatable bonds is 7. The monoisotopic (exact) mass is 464 g/mol. The Morgan fingerprint density at radius 1 is 1.24 bits per heavy atom. The highest BCUT2D eigenvalue weighted by Gasteiger charge is 2.25. The average Bonchev–Trinajstić information content (AvgIpc) is 3.35. The summed E-state index contributed by atoms with van der Waals surface area (Å²) in [4.78, 5) is 30.3. The van der Waals surface area contributed by atoms with Crippen molar-refractivity contribution in [1.82, 2.24) is 19.8 Å². The lowest BCUT2D eigenvalue weighted by Crippen LogP contribution is -2.42. The van der Waals surface area contributed by atoms with Gasteiger partial charge in [0.1, 0.15) is 17.6 Å². The maximum atomic E-state index is 12.7. The van der Waals surface area contributed by atoms with Crippen molar-refractivity contribution in [3.63, 3.8) is 0 Å². The number of aromatic nitrogens is 2. The van der Waals surface area contributed by atoms with Crippen LogP contribution in [0.15, 0.2) is 41.2 Å². The van der Waals surface area contributed by atoms with Gasteiger partial charge < -0.3 is 19.8 Å². The van der Waals surface area contributed by atoms with Crippen LogP contribution in [-0.4, -0.2) is 52.7 Å². The summed E-state index contributed by atoms with van der Waals surface area (Å²) in [5.74, 6) is 1.68. The van der Waals surface area contributed by atoms with E-state index in [0.29, 0.717) is 19.7 Å². The summed E-state index contributed by atoms with van der Waals surface area (Å²) in [6.07, 6.45) is 2.72. The molecule has 8 heteroatoms. The number of amides is 1. The number of nitrogens with one attached hydrogen (secondary N) is 2. The van der Waals surface area contributed by atoms with Crippen LogP contribution in [0.25, 0.3) is 11.0 Å². The Bertz CT molecular complexity index is 1240.